The molecule has 0 aromatic heterocycles. The Morgan fingerprint density at radius 2 is 1.93 bits per heavy atom. The minimum absolute atomic E-state index is 0.105. The van der Waals surface area contributed by atoms with Crippen LogP contribution >= 0.6 is 0 Å². The van der Waals surface area contributed by atoms with E-state index < -0.39 is 18.0 Å². The van der Waals surface area contributed by atoms with Gasteiger partial charge in [-0.1, -0.05) is 18.2 Å². The number of fused-ring (bicyclic) bond motifs is 1. The van der Waals surface area contributed by atoms with Gasteiger partial charge >= 0.3 is 5.97 Å². The summed E-state index contributed by atoms with van der Waals surface area (Å²) < 4.78 is 10.5. The number of benzene rings is 2. The molecule has 27 heavy (non-hydrogen) atoms. The first kappa shape index (κ1) is 18.4. The third-order valence-electron chi connectivity index (χ3n) is 4.36. The molecule has 1 N–H and O–H groups in total. The molecule has 0 bridgehead atoms. The molecule has 2 aromatic carbocycles. The molecule has 7 nitrogen and oxygen atoms in total. The van der Waals surface area contributed by atoms with Crippen LogP contribution in [0.4, 0.5) is 11.4 Å². The van der Waals surface area contributed by atoms with E-state index in [2.05, 4.69) is 5.32 Å². The summed E-state index contributed by atoms with van der Waals surface area (Å²) in [7, 11) is 1.30. The first-order chi connectivity index (χ1) is 12.9. The third kappa shape index (κ3) is 3.76. The normalized spacial score (nSPS) is 15.4. The summed E-state index contributed by atoms with van der Waals surface area (Å²) >= 11 is 0. The van der Waals surface area contributed by atoms with Crippen LogP contribution in [0.2, 0.25) is 0 Å². The number of rotatable bonds is 3. The molecule has 1 atom stereocenters. The van der Waals surface area contributed by atoms with Crippen LogP contribution < -0.4 is 15.0 Å². The zero-order valence-electron chi connectivity index (χ0n) is 15.3. The van der Waals surface area contributed by atoms with Crippen molar-refractivity contribution in [1.82, 2.24) is 0 Å². The van der Waals surface area contributed by atoms with Crippen LogP contribution in [-0.2, 0) is 14.3 Å². The molecule has 140 valence electrons. The molecular weight excluding hydrogens is 348 g/mol. The highest BCUT2D eigenvalue weighted by Gasteiger charge is 2.32. The van der Waals surface area contributed by atoms with Crippen LogP contribution in [0.15, 0.2) is 42.5 Å². The third-order valence-corrected chi connectivity index (χ3v) is 4.36. The van der Waals surface area contributed by atoms with Gasteiger partial charge in [-0.25, -0.2) is 4.79 Å². The van der Waals surface area contributed by atoms with Crippen molar-refractivity contribution in [2.45, 2.75) is 20.0 Å². The highest BCUT2D eigenvalue weighted by molar-refractivity contribution is 6.00. The van der Waals surface area contributed by atoms with E-state index in [0.717, 1.165) is 5.56 Å². The van der Waals surface area contributed by atoms with Gasteiger partial charge in [-0.3, -0.25) is 9.59 Å². The molecule has 7 heteroatoms. The second kappa shape index (κ2) is 7.49. The van der Waals surface area contributed by atoms with E-state index in [1.54, 1.807) is 42.5 Å². The molecule has 1 aliphatic rings. The van der Waals surface area contributed by atoms with Crippen molar-refractivity contribution in [2.75, 3.05) is 23.9 Å². The lowest BCUT2D eigenvalue weighted by Gasteiger charge is -2.33. The minimum Gasteiger partial charge on any atom is -0.476 e. The molecule has 0 unspecified atom stereocenters. The molecule has 2 aromatic rings. The van der Waals surface area contributed by atoms with Crippen LogP contribution in [-0.4, -0.2) is 37.5 Å². The summed E-state index contributed by atoms with van der Waals surface area (Å²) in [6.07, 6.45) is -0.870. The Labute approximate surface area is 156 Å². The van der Waals surface area contributed by atoms with Crippen molar-refractivity contribution in [3.8, 4) is 5.75 Å². The van der Waals surface area contributed by atoms with Gasteiger partial charge in [0.25, 0.3) is 5.91 Å². The van der Waals surface area contributed by atoms with Crippen molar-refractivity contribution in [1.29, 1.82) is 0 Å². The number of nitrogens with one attached hydrogen (secondary N) is 1. The topological polar surface area (TPSA) is 84.9 Å². The van der Waals surface area contributed by atoms with Crippen molar-refractivity contribution in [3.05, 3.63) is 53.6 Å². The molecule has 0 radical (unpaired) electrons. The number of aryl methyl sites for hydroxylation is 1. The quantitative estimate of drug-likeness (QED) is 0.842. The molecular formula is C20H20N2O5. The molecule has 0 fully saturated rings. The van der Waals surface area contributed by atoms with E-state index in [9.17, 15) is 14.4 Å². The zero-order valence-corrected chi connectivity index (χ0v) is 15.3. The fourth-order valence-electron chi connectivity index (χ4n) is 2.88. The van der Waals surface area contributed by atoms with Crippen molar-refractivity contribution >= 4 is 29.2 Å². The van der Waals surface area contributed by atoms with Crippen molar-refractivity contribution in [3.63, 3.8) is 0 Å². The largest absolute Gasteiger partial charge is 0.476 e. The van der Waals surface area contributed by atoms with Gasteiger partial charge in [0, 0.05) is 12.6 Å². The maximum atomic E-state index is 12.8. The number of nitrogens with zero attached hydrogens (tertiary/aromatic N) is 1. The summed E-state index contributed by atoms with van der Waals surface area (Å²) in [6.45, 7) is 3.37. The highest BCUT2D eigenvalue weighted by atomic mass is 16.5. The Balaban J connectivity index is 1.83. The van der Waals surface area contributed by atoms with Crippen LogP contribution in [0.1, 0.15) is 22.8 Å². The second-order valence-electron chi connectivity index (χ2n) is 6.21. The Morgan fingerprint density at radius 1 is 1.19 bits per heavy atom. The Morgan fingerprint density at radius 3 is 2.63 bits per heavy atom. The number of carbonyl (C=O) groups is 3. The van der Waals surface area contributed by atoms with Crippen molar-refractivity contribution < 1.29 is 23.9 Å². The number of anilines is 2. The van der Waals surface area contributed by atoms with Gasteiger partial charge in [0.1, 0.15) is 5.75 Å². The zero-order chi connectivity index (χ0) is 19.6. The van der Waals surface area contributed by atoms with E-state index in [1.165, 1.54) is 18.9 Å². The molecule has 0 spiro atoms. The van der Waals surface area contributed by atoms with Gasteiger partial charge < -0.3 is 19.7 Å². The first-order valence-corrected chi connectivity index (χ1v) is 8.44. The SMILES string of the molecule is COC(=O)c1ccc(C)c(NC(=O)[C@H]2CN(C(C)=O)c3ccccc3O2)c1. The van der Waals surface area contributed by atoms with Crippen LogP contribution in [0.3, 0.4) is 0 Å². The van der Waals surface area contributed by atoms with Gasteiger partial charge in [-0.2, -0.15) is 0 Å². The smallest absolute Gasteiger partial charge is 0.337 e. The highest BCUT2D eigenvalue weighted by Crippen LogP contribution is 2.33. The number of hydrogen-bond acceptors (Lipinski definition) is 5. The molecule has 1 aliphatic heterocycles. The first-order valence-electron chi connectivity index (χ1n) is 8.44. The van der Waals surface area contributed by atoms with E-state index in [0.29, 0.717) is 22.7 Å². The number of esters is 1. The molecule has 2 amide bonds. The summed E-state index contributed by atoms with van der Waals surface area (Å²) in [5.41, 5.74) is 2.24. The van der Waals surface area contributed by atoms with Crippen LogP contribution in [0.5, 0.6) is 5.75 Å². The lowest BCUT2D eigenvalue weighted by molar-refractivity contribution is -0.123. The summed E-state index contributed by atoms with van der Waals surface area (Å²) in [5, 5.41) is 2.78. The number of para-hydroxylation sites is 2. The van der Waals surface area contributed by atoms with Crippen LogP contribution in [0, 0.1) is 6.92 Å². The predicted molar refractivity (Wildman–Crippen MR) is 100 cm³/mol. The summed E-state index contributed by atoms with van der Waals surface area (Å²) in [5.74, 6) is -0.594. The van der Waals surface area contributed by atoms with E-state index in [1.807, 2.05) is 6.92 Å². The summed E-state index contributed by atoms with van der Waals surface area (Å²) in [6, 6.07) is 12.0. The average Bonchev–Trinajstić information content (AvgIpc) is 2.67. The van der Waals surface area contributed by atoms with Gasteiger partial charge in [-0.15, -0.1) is 0 Å². The molecule has 0 saturated heterocycles. The van der Waals surface area contributed by atoms with Crippen LogP contribution in [0.25, 0.3) is 0 Å². The number of amides is 2. The molecule has 0 aliphatic carbocycles. The average molecular weight is 368 g/mol. The minimum atomic E-state index is -0.870. The Bertz CT molecular complexity index is 909. The standard InChI is InChI=1S/C20H20N2O5/c1-12-8-9-14(20(25)26-3)10-15(12)21-19(24)18-11-22(13(2)23)16-6-4-5-7-17(16)27-18/h4-10,18H,11H2,1-3H3,(H,21,24)/t18-/m1/s1. The molecule has 3 rings (SSSR count). The van der Waals surface area contributed by atoms with E-state index in [4.69, 9.17) is 9.47 Å². The second-order valence-corrected chi connectivity index (χ2v) is 6.21. The van der Waals surface area contributed by atoms with E-state index in [-0.39, 0.29) is 12.5 Å². The maximum Gasteiger partial charge on any atom is 0.337 e. The van der Waals surface area contributed by atoms with Gasteiger partial charge in [0.15, 0.2) is 6.10 Å². The van der Waals surface area contributed by atoms with Crippen molar-refractivity contribution in [2.24, 2.45) is 0 Å². The fraction of sp³-hybridized carbons (Fsp3) is 0.250. The molecule has 1 heterocycles. The molecule has 0 saturated carbocycles. The number of methoxy groups -OCH3 is 1. The lowest BCUT2D eigenvalue weighted by atomic mass is 10.1. The maximum absolute atomic E-state index is 12.8. The Kier molecular flexibility index (Phi) is 5.12. The number of carbonyl (C=O) groups excluding carboxylic acids is 3. The number of hydrogen-bond donors (Lipinski definition) is 1. The predicted octanol–water partition coefficient (Wildman–Crippen LogP) is 2.53. The van der Waals surface area contributed by atoms with Gasteiger partial charge in [0.2, 0.25) is 5.91 Å². The fourth-order valence-corrected chi connectivity index (χ4v) is 2.88. The van der Waals surface area contributed by atoms with Gasteiger partial charge in [0.05, 0.1) is 24.9 Å². The Hall–Kier alpha value is -3.35. The summed E-state index contributed by atoms with van der Waals surface area (Å²) in [4.78, 5) is 38.0. The van der Waals surface area contributed by atoms with E-state index >= 15 is 0 Å². The number of ether oxygens (including phenoxy) is 2. The van der Waals surface area contributed by atoms with Gasteiger partial charge in [-0.05, 0) is 36.8 Å². The monoisotopic (exact) mass is 368 g/mol. The lowest BCUT2D eigenvalue weighted by Crippen LogP contribution is -2.48.